The van der Waals surface area contributed by atoms with Crippen LogP contribution in [0.2, 0.25) is 0 Å². The van der Waals surface area contributed by atoms with Crippen LogP contribution in [0.5, 0.6) is 0 Å². The lowest BCUT2D eigenvalue weighted by molar-refractivity contribution is -0.115. The van der Waals surface area contributed by atoms with Gasteiger partial charge in [-0.05, 0) is 37.6 Å². The Balaban J connectivity index is 1.76. The zero-order valence-corrected chi connectivity index (χ0v) is 14.6. The summed E-state index contributed by atoms with van der Waals surface area (Å²) in [6.45, 7) is 3.81. The Bertz CT molecular complexity index is 933. The summed E-state index contributed by atoms with van der Waals surface area (Å²) in [7, 11) is 0. The number of aryl methyl sites for hydroxylation is 2. The monoisotopic (exact) mass is 355 g/mol. The highest BCUT2D eigenvalue weighted by atomic mass is 19.1. The summed E-state index contributed by atoms with van der Waals surface area (Å²) >= 11 is 0. The van der Waals surface area contributed by atoms with E-state index in [4.69, 9.17) is 0 Å². The highest BCUT2D eigenvalue weighted by Crippen LogP contribution is 2.18. The van der Waals surface area contributed by atoms with E-state index in [1.165, 1.54) is 4.68 Å². The average molecular weight is 355 g/mol. The molecule has 1 N–H and O–H groups in total. The minimum absolute atomic E-state index is 0.0254. The van der Waals surface area contributed by atoms with E-state index in [2.05, 4.69) is 10.4 Å². The zero-order chi connectivity index (χ0) is 18.7. The SMILES string of the molecule is Cc1ccc(CC(=O)Nc2c(C)cnn2Cc2cc(F)ccc2F)cc1. The van der Waals surface area contributed by atoms with Crippen LogP contribution >= 0.6 is 0 Å². The molecule has 0 aliphatic carbocycles. The average Bonchev–Trinajstić information content (AvgIpc) is 2.93. The molecule has 1 aromatic heterocycles. The normalized spacial score (nSPS) is 10.8. The van der Waals surface area contributed by atoms with Crippen LogP contribution in [-0.4, -0.2) is 15.7 Å². The second-order valence-electron chi connectivity index (χ2n) is 6.28. The smallest absolute Gasteiger partial charge is 0.229 e. The quantitative estimate of drug-likeness (QED) is 0.752. The van der Waals surface area contributed by atoms with Crippen molar-refractivity contribution in [2.45, 2.75) is 26.8 Å². The van der Waals surface area contributed by atoms with Crippen molar-refractivity contribution in [3.63, 3.8) is 0 Å². The number of halogens is 2. The number of amides is 1. The van der Waals surface area contributed by atoms with Gasteiger partial charge in [-0.1, -0.05) is 29.8 Å². The first kappa shape index (κ1) is 17.8. The summed E-state index contributed by atoms with van der Waals surface area (Å²) in [5.74, 6) is -0.754. The minimum Gasteiger partial charge on any atom is -0.310 e. The van der Waals surface area contributed by atoms with Gasteiger partial charge in [-0.2, -0.15) is 5.10 Å². The number of hydrogen-bond acceptors (Lipinski definition) is 2. The predicted octanol–water partition coefficient (Wildman–Crippen LogP) is 4.01. The Labute approximate surface area is 150 Å². The molecular weight excluding hydrogens is 336 g/mol. The maximum atomic E-state index is 13.9. The first-order valence-electron chi connectivity index (χ1n) is 8.24. The maximum absolute atomic E-state index is 13.9. The lowest BCUT2D eigenvalue weighted by Gasteiger charge is -2.11. The standard InChI is InChI=1S/C20H19F2N3O/c1-13-3-5-15(6-4-13)9-19(26)24-20-14(2)11-23-25(20)12-16-10-17(21)7-8-18(16)22/h3-8,10-11H,9,12H2,1-2H3,(H,24,26). The molecule has 26 heavy (non-hydrogen) atoms. The van der Waals surface area contributed by atoms with Crippen molar-refractivity contribution < 1.29 is 13.6 Å². The second kappa shape index (κ2) is 7.47. The largest absolute Gasteiger partial charge is 0.310 e. The highest BCUT2D eigenvalue weighted by molar-refractivity contribution is 5.92. The lowest BCUT2D eigenvalue weighted by atomic mass is 10.1. The third-order valence-electron chi connectivity index (χ3n) is 4.09. The van der Waals surface area contributed by atoms with E-state index in [0.29, 0.717) is 5.82 Å². The van der Waals surface area contributed by atoms with E-state index < -0.39 is 11.6 Å². The van der Waals surface area contributed by atoms with Gasteiger partial charge in [0.05, 0.1) is 19.2 Å². The van der Waals surface area contributed by atoms with Crippen LogP contribution < -0.4 is 5.32 Å². The molecule has 0 atom stereocenters. The molecule has 0 fully saturated rings. The van der Waals surface area contributed by atoms with Crippen molar-refractivity contribution >= 4 is 11.7 Å². The molecule has 3 aromatic rings. The molecule has 6 heteroatoms. The van der Waals surface area contributed by atoms with Crippen molar-refractivity contribution in [3.8, 4) is 0 Å². The second-order valence-corrected chi connectivity index (χ2v) is 6.28. The highest BCUT2D eigenvalue weighted by Gasteiger charge is 2.14. The Morgan fingerprint density at radius 3 is 2.58 bits per heavy atom. The van der Waals surface area contributed by atoms with Gasteiger partial charge in [0.2, 0.25) is 5.91 Å². The topological polar surface area (TPSA) is 46.9 Å². The van der Waals surface area contributed by atoms with Gasteiger partial charge in [-0.25, -0.2) is 13.5 Å². The fourth-order valence-electron chi connectivity index (χ4n) is 2.66. The molecule has 0 saturated heterocycles. The Morgan fingerprint density at radius 2 is 1.85 bits per heavy atom. The minimum atomic E-state index is -0.518. The first-order chi connectivity index (χ1) is 12.4. The van der Waals surface area contributed by atoms with Crippen molar-refractivity contribution in [1.82, 2.24) is 9.78 Å². The lowest BCUT2D eigenvalue weighted by Crippen LogP contribution is -2.19. The van der Waals surface area contributed by atoms with E-state index in [1.807, 2.05) is 31.2 Å². The number of hydrogen-bond donors (Lipinski definition) is 1. The summed E-state index contributed by atoms with van der Waals surface area (Å²) < 4.78 is 28.7. The summed E-state index contributed by atoms with van der Waals surface area (Å²) in [6.07, 6.45) is 1.80. The number of rotatable bonds is 5. The van der Waals surface area contributed by atoms with Gasteiger partial charge in [0, 0.05) is 11.1 Å². The van der Waals surface area contributed by atoms with Crippen LogP contribution in [0.15, 0.2) is 48.7 Å². The Hall–Kier alpha value is -3.02. The number of carbonyl (C=O) groups excluding carboxylic acids is 1. The molecule has 0 unspecified atom stereocenters. The van der Waals surface area contributed by atoms with Gasteiger partial charge >= 0.3 is 0 Å². The van der Waals surface area contributed by atoms with Gasteiger partial charge in [0.15, 0.2) is 0 Å². The van der Waals surface area contributed by atoms with Crippen LogP contribution in [0, 0.1) is 25.5 Å². The van der Waals surface area contributed by atoms with E-state index in [9.17, 15) is 13.6 Å². The third-order valence-corrected chi connectivity index (χ3v) is 4.09. The molecular formula is C20H19F2N3O. The fourth-order valence-corrected chi connectivity index (χ4v) is 2.66. The molecule has 0 saturated carbocycles. The molecule has 0 aliphatic rings. The van der Waals surface area contributed by atoms with Gasteiger partial charge in [0.25, 0.3) is 0 Å². The van der Waals surface area contributed by atoms with Crippen molar-refractivity contribution in [2.75, 3.05) is 5.32 Å². The summed E-state index contributed by atoms with van der Waals surface area (Å²) in [4.78, 5) is 12.4. The van der Waals surface area contributed by atoms with Gasteiger partial charge in [-0.15, -0.1) is 0 Å². The Morgan fingerprint density at radius 1 is 1.12 bits per heavy atom. The molecule has 1 amide bonds. The van der Waals surface area contributed by atoms with Crippen LogP contribution in [0.3, 0.4) is 0 Å². The Kier molecular flexibility index (Phi) is 5.11. The number of nitrogens with one attached hydrogen (secondary N) is 1. The number of nitrogens with zero attached hydrogens (tertiary/aromatic N) is 2. The van der Waals surface area contributed by atoms with Gasteiger partial charge < -0.3 is 5.32 Å². The molecule has 1 heterocycles. The van der Waals surface area contributed by atoms with E-state index in [0.717, 1.165) is 34.9 Å². The van der Waals surface area contributed by atoms with Crippen molar-refractivity contribution in [3.05, 3.63) is 82.5 Å². The molecule has 4 nitrogen and oxygen atoms in total. The number of aromatic nitrogens is 2. The van der Waals surface area contributed by atoms with E-state index >= 15 is 0 Å². The molecule has 0 aliphatic heterocycles. The summed E-state index contributed by atoms with van der Waals surface area (Å²) in [5.41, 5.74) is 2.94. The van der Waals surface area contributed by atoms with E-state index in [-0.39, 0.29) is 24.4 Å². The van der Waals surface area contributed by atoms with Crippen LogP contribution in [0.4, 0.5) is 14.6 Å². The summed E-state index contributed by atoms with van der Waals surface area (Å²) in [5, 5.41) is 6.99. The number of anilines is 1. The molecule has 0 spiro atoms. The zero-order valence-electron chi connectivity index (χ0n) is 14.6. The third kappa shape index (κ3) is 4.14. The fraction of sp³-hybridized carbons (Fsp3) is 0.200. The maximum Gasteiger partial charge on any atom is 0.229 e. The number of carbonyl (C=O) groups is 1. The molecule has 0 bridgehead atoms. The summed E-state index contributed by atoms with van der Waals surface area (Å²) in [6, 6.07) is 11.0. The molecule has 134 valence electrons. The first-order valence-corrected chi connectivity index (χ1v) is 8.24. The van der Waals surface area contributed by atoms with Gasteiger partial charge in [-0.3, -0.25) is 4.79 Å². The number of benzene rings is 2. The van der Waals surface area contributed by atoms with Crippen molar-refractivity contribution in [2.24, 2.45) is 0 Å². The molecule has 3 rings (SSSR count). The van der Waals surface area contributed by atoms with Gasteiger partial charge in [0.1, 0.15) is 17.5 Å². The van der Waals surface area contributed by atoms with Crippen LogP contribution in [-0.2, 0) is 17.8 Å². The van der Waals surface area contributed by atoms with Crippen LogP contribution in [0.1, 0.15) is 22.3 Å². The van der Waals surface area contributed by atoms with Crippen molar-refractivity contribution in [1.29, 1.82) is 0 Å². The van der Waals surface area contributed by atoms with Crippen LogP contribution in [0.25, 0.3) is 0 Å². The molecule has 2 aromatic carbocycles. The predicted molar refractivity (Wildman–Crippen MR) is 95.9 cm³/mol. The van der Waals surface area contributed by atoms with E-state index in [1.54, 1.807) is 13.1 Å². The molecule has 0 radical (unpaired) electrons.